The number of nitrogens with one attached hydrogen (secondary N) is 1. The Bertz CT molecular complexity index is 251. The molecule has 1 rings (SSSR count). The van der Waals surface area contributed by atoms with E-state index in [1.54, 1.807) is 0 Å². The molecule has 0 aliphatic rings. The number of anilines is 1. The third-order valence-corrected chi connectivity index (χ3v) is 1.71. The Balaban J connectivity index is 2.72. The predicted molar refractivity (Wildman–Crippen MR) is 50.4 cm³/mol. The van der Waals surface area contributed by atoms with Gasteiger partial charge >= 0.3 is 0 Å². The van der Waals surface area contributed by atoms with Crippen LogP contribution in [0.5, 0.6) is 0 Å². The van der Waals surface area contributed by atoms with Crippen LogP contribution in [0.25, 0.3) is 0 Å². The summed E-state index contributed by atoms with van der Waals surface area (Å²) >= 11 is 1.51. The van der Waals surface area contributed by atoms with Crippen LogP contribution in [0.1, 0.15) is 13.8 Å². The summed E-state index contributed by atoms with van der Waals surface area (Å²) in [7, 11) is 0. The summed E-state index contributed by atoms with van der Waals surface area (Å²) in [4.78, 5) is 12.1. The van der Waals surface area contributed by atoms with E-state index in [1.165, 1.54) is 18.1 Å². The predicted octanol–water partition coefficient (Wildman–Crippen LogP) is 1.41. The van der Waals surface area contributed by atoms with E-state index < -0.39 is 0 Å². The molecule has 1 aromatic heterocycles. The van der Waals surface area contributed by atoms with Crippen molar-refractivity contribution in [2.45, 2.75) is 25.0 Å². The van der Waals surface area contributed by atoms with Gasteiger partial charge in [-0.3, -0.25) is 0 Å². The minimum absolute atomic E-state index is 0.349. The van der Waals surface area contributed by atoms with Crippen molar-refractivity contribution < 1.29 is 0 Å². The number of nitrogens with zero attached hydrogens (tertiary/aromatic N) is 3. The molecule has 1 N–H and O–H groups in total. The average molecular weight is 184 g/mol. The highest BCUT2D eigenvalue weighted by atomic mass is 32.2. The first-order chi connectivity index (χ1) is 5.72. The van der Waals surface area contributed by atoms with Crippen molar-refractivity contribution in [1.82, 2.24) is 15.0 Å². The Morgan fingerprint density at radius 3 is 2.75 bits per heavy atom. The van der Waals surface area contributed by atoms with Gasteiger partial charge in [0.15, 0.2) is 5.16 Å². The smallest absolute Gasteiger partial charge is 0.226 e. The Morgan fingerprint density at radius 2 is 2.17 bits per heavy atom. The number of aromatic nitrogens is 3. The lowest BCUT2D eigenvalue weighted by Crippen LogP contribution is -2.12. The minimum atomic E-state index is 0.349. The van der Waals surface area contributed by atoms with E-state index in [0.717, 1.165) is 5.16 Å². The first-order valence-electron chi connectivity index (χ1n) is 3.72. The molecule has 0 aromatic carbocycles. The number of hydrogen-bond donors (Lipinski definition) is 1. The molecule has 0 spiro atoms. The van der Waals surface area contributed by atoms with Crippen LogP contribution in [0.3, 0.4) is 0 Å². The molecule has 4 nitrogen and oxygen atoms in total. The van der Waals surface area contributed by atoms with Crippen LogP contribution in [-0.2, 0) is 0 Å². The lowest BCUT2D eigenvalue weighted by Gasteiger charge is -2.06. The monoisotopic (exact) mass is 184 g/mol. The second-order valence-corrected chi connectivity index (χ2v) is 3.37. The van der Waals surface area contributed by atoms with Gasteiger partial charge in [-0.2, -0.15) is 4.98 Å². The Hall–Kier alpha value is -0.840. The summed E-state index contributed by atoms with van der Waals surface area (Å²) in [6.07, 6.45) is 3.46. The summed E-state index contributed by atoms with van der Waals surface area (Å²) in [6, 6.07) is 0.349. The zero-order valence-electron chi connectivity index (χ0n) is 7.40. The molecule has 0 saturated heterocycles. The van der Waals surface area contributed by atoms with Crippen molar-refractivity contribution >= 4 is 17.7 Å². The molecule has 5 heteroatoms. The van der Waals surface area contributed by atoms with Crippen LogP contribution in [0.2, 0.25) is 0 Å². The third-order valence-electron chi connectivity index (χ3n) is 1.15. The highest BCUT2D eigenvalue weighted by molar-refractivity contribution is 7.98. The maximum absolute atomic E-state index is 4.16. The summed E-state index contributed by atoms with van der Waals surface area (Å²) in [5.74, 6) is 0.643. The molecule has 0 unspecified atom stereocenters. The SMILES string of the molecule is CSc1ncnc(NC(C)C)n1. The largest absolute Gasteiger partial charge is 0.352 e. The van der Waals surface area contributed by atoms with E-state index in [-0.39, 0.29) is 0 Å². The molecule has 0 aliphatic heterocycles. The second-order valence-electron chi connectivity index (χ2n) is 2.59. The van der Waals surface area contributed by atoms with Gasteiger partial charge in [-0.25, -0.2) is 9.97 Å². The topological polar surface area (TPSA) is 50.7 Å². The van der Waals surface area contributed by atoms with Gasteiger partial charge in [0.1, 0.15) is 6.33 Å². The van der Waals surface area contributed by atoms with E-state index >= 15 is 0 Å². The molecule has 12 heavy (non-hydrogen) atoms. The fourth-order valence-corrected chi connectivity index (χ4v) is 1.04. The molecule has 0 fully saturated rings. The van der Waals surface area contributed by atoms with Crippen molar-refractivity contribution in [1.29, 1.82) is 0 Å². The van der Waals surface area contributed by atoms with Gasteiger partial charge in [-0.15, -0.1) is 0 Å². The van der Waals surface area contributed by atoms with E-state index in [4.69, 9.17) is 0 Å². The van der Waals surface area contributed by atoms with Gasteiger partial charge in [0.05, 0.1) is 0 Å². The molecular formula is C7H12N4S. The van der Waals surface area contributed by atoms with E-state index in [2.05, 4.69) is 20.3 Å². The van der Waals surface area contributed by atoms with Gasteiger partial charge in [0, 0.05) is 6.04 Å². The lowest BCUT2D eigenvalue weighted by molar-refractivity contribution is 0.835. The van der Waals surface area contributed by atoms with Gasteiger partial charge < -0.3 is 5.32 Å². The summed E-state index contributed by atoms with van der Waals surface area (Å²) < 4.78 is 0. The molecule has 0 radical (unpaired) electrons. The highest BCUT2D eigenvalue weighted by Gasteiger charge is 1.99. The van der Waals surface area contributed by atoms with Crippen molar-refractivity contribution in [3.8, 4) is 0 Å². The molecule has 0 amide bonds. The first kappa shape index (κ1) is 9.25. The third kappa shape index (κ3) is 2.65. The summed E-state index contributed by atoms with van der Waals surface area (Å²) in [5.41, 5.74) is 0. The van der Waals surface area contributed by atoms with Crippen molar-refractivity contribution in [2.24, 2.45) is 0 Å². The average Bonchev–Trinajstić information content (AvgIpc) is 2.03. The lowest BCUT2D eigenvalue weighted by atomic mass is 10.4. The van der Waals surface area contributed by atoms with Crippen molar-refractivity contribution in [2.75, 3.05) is 11.6 Å². The molecule has 0 bridgehead atoms. The van der Waals surface area contributed by atoms with E-state index in [0.29, 0.717) is 12.0 Å². The van der Waals surface area contributed by atoms with Gasteiger partial charge in [0.2, 0.25) is 5.95 Å². The maximum atomic E-state index is 4.16. The van der Waals surface area contributed by atoms with Crippen LogP contribution in [0.15, 0.2) is 11.5 Å². The Labute approximate surface area is 76.2 Å². The minimum Gasteiger partial charge on any atom is -0.352 e. The molecule has 0 aliphatic carbocycles. The van der Waals surface area contributed by atoms with Crippen molar-refractivity contribution in [3.63, 3.8) is 0 Å². The van der Waals surface area contributed by atoms with Crippen LogP contribution in [0.4, 0.5) is 5.95 Å². The molecule has 66 valence electrons. The quantitative estimate of drug-likeness (QED) is 0.720. The van der Waals surface area contributed by atoms with Crippen LogP contribution < -0.4 is 5.32 Å². The standard InChI is InChI=1S/C7H12N4S/c1-5(2)10-6-8-4-9-7(11-6)12-3/h4-5H,1-3H3,(H,8,9,10,11). The van der Waals surface area contributed by atoms with Crippen molar-refractivity contribution in [3.05, 3.63) is 6.33 Å². The van der Waals surface area contributed by atoms with E-state index in [1.807, 2.05) is 20.1 Å². The second kappa shape index (κ2) is 4.25. The first-order valence-corrected chi connectivity index (χ1v) is 4.94. The molecular weight excluding hydrogens is 172 g/mol. The number of rotatable bonds is 3. The molecule has 0 saturated carbocycles. The van der Waals surface area contributed by atoms with Gasteiger partial charge in [0.25, 0.3) is 0 Å². The fourth-order valence-electron chi connectivity index (χ4n) is 0.707. The van der Waals surface area contributed by atoms with Gasteiger partial charge in [-0.05, 0) is 20.1 Å². The number of hydrogen-bond acceptors (Lipinski definition) is 5. The Morgan fingerprint density at radius 1 is 1.42 bits per heavy atom. The van der Waals surface area contributed by atoms with E-state index in [9.17, 15) is 0 Å². The zero-order chi connectivity index (χ0) is 8.97. The van der Waals surface area contributed by atoms with Crippen LogP contribution in [0, 0.1) is 0 Å². The summed E-state index contributed by atoms with van der Waals surface area (Å²) in [5, 5.41) is 3.85. The van der Waals surface area contributed by atoms with Crippen LogP contribution in [-0.4, -0.2) is 27.2 Å². The normalized spacial score (nSPS) is 10.3. The zero-order valence-corrected chi connectivity index (χ0v) is 8.22. The van der Waals surface area contributed by atoms with Crippen LogP contribution >= 0.6 is 11.8 Å². The number of thioether (sulfide) groups is 1. The Kier molecular flexibility index (Phi) is 3.28. The molecule has 0 atom stereocenters. The summed E-state index contributed by atoms with van der Waals surface area (Å²) in [6.45, 7) is 4.09. The molecule has 1 heterocycles. The van der Waals surface area contributed by atoms with Gasteiger partial charge in [-0.1, -0.05) is 11.8 Å². The highest BCUT2D eigenvalue weighted by Crippen LogP contribution is 2.08. The fraction of sp³-hybridized carbons (Fsp3) is 0.571. The maximum Gasteiger partial charge on any atom is 0.226 e. The molecule has 1 aromatic rings.